The lowest BCUT2D eigenvalue weighted by molar-refractivity contribution is -0.139. The van der Waals surface area contributed by atoms with E-state index in [0.29, 0.717) is 12.0 Å². The predicted octanol–water partition coefficient (Wildman–Crippen LogP) is 5.17. The number of hydrogen-bond acceptors (Lipinski definition) is 3. The maximum absolute atomic E-state index is 11.9. The number of ether oxygens (including phenoxy) is 1. The zero-order valence-electron chi connectivity index (χ0n) is 13.3. The van der Waals surface area contributed by atoms with Crippen LogP contribution in [0.1, 0.15) is 22.8 Å². The van der Waals surface area contributed by atoms with Gasteiger partial charge in [0.15, 0.2) is 12.4 Å². The molecule has 0 amide bonds. The van der Waals surface area contributed by atoms with Gasteiger partial charge in [-0.2, -0.15) is 0 Å². The average Bonchev–Trinajstić information content (AvgIpc) is 2.85. The van der Waals surface area contributed by atoms with Crippen LogP contribution in [0.4, 0.5) is 0 Å². The minimum Gasteiger partial charge on any atom is -0.480 e. The van der Waals surface area contributed by atoms with Crippen LogP contribution in [0, 0.1) is 5.92 Å². The van der Waals surface area contributed by atoms with Crippen molar-refractivity contribution in [2.75, 3.05) is 6.61 Å². The Morgan fingerprint density at radius 2 is 1.84 bits per heavy atom. The summed E-state index contributed by atoms with van der Waals surface area (Å²) in [5.41, 5.74) is 1.18. The second kappa shape index (κ2) is 8.56. The summed E-state index contributed by atoms with van der Waals surface area (Å²) in [6.45, 7) is 1.31. The number of carboxylic acids is 1. The van der Waals surface area contributed by atoms with E-state index in [1.807, 2.05) is 37.3 Å². The molecule has 1 aliphatic carbocycles. The second-order valence-corrected chi connectivity index (χ2v) is 6.68. The van der Waals surface area contributed by atoms with Gasteiger partial charge in [0.05, 0.1) is 5.02 Å². The van der Waals surface area contributed by atoms with Gasteiger partial charge < -0.3 is 9.84 Å². The molecule has 7 heteroatoms. The Morgan fingerprint density at radius 1 is 1.20 bits per heavy atom. The van der Waals surface area contributed by atoms with E-state index >= 15 is 0 Å². The molecule has 1 aliphatic rings. The SMILES string of the molecule is CC1Cc2cc(OCC(=O)O)c(Cl)c(Cl)c2C1=O.Clc1ccccc1. The molecule has 0 bridgehead atoms. The van der Waals surface area contributed by atoms with E-state index in [1.54, 1.807) is 6.07 Å². The summed E-state index contributed by atoms with van der Waals surface area (Å²) in [4.78, 5) is 22.3. The number of halogens is 3. The molecule has 0 spiro atoms. The number of Topliss-reactive ketones (excluding diaryl/α,β-unsaturated/α-hetero) is 1. The van der Waals surface area contributed by atoms with Crippen molar-refractivity contribution >= 4 is 46.6 Å². The lowest BCUT2D eigenvalue weighted by atomic mass is 10.1. The third-order valence-corrected chi connectivity index (χ3v) is 4.66. The highest BCUT2D eigenvalue weighted by Crippen LogP contribution is 2.42. The first-order chi connectivity index (χ1) is 11.8. The van der Waals surface area contributed by atoms with Gasteiger partial charge in [-0.05, 0) is 30.2 Å². The number of fused-ring (bicyclic) bond motifs is 1. The van der Waals surface area contributed by atoms with Crippen LogP contribution in [-0.2, 0) is 11.2 Å². The largest absolute Gasteiger partial charge is 0.480 e. The van der Waals surface area contributed by atoms with Crippen molar-refractivity contribution in [1.82, 2.24) is 0 Å². The summed E-state index contributed by atoms with van der Waals surface area (Å²) in [5, 5.41) is 9.58. The fourth-order valence-electron chi connectivity index (χ4n) is 2.41. The smallest absolute Gasteiger partial charge is 0.341 e. The fourth-order valence-corrected chi connectivity index (χ4v) is 3.06. The number of benzene rings is 2. The van der Waals surface area contributed by atoms with E-state index in [2.05, 4.69) is 0 Å². The normalized spacial score (nSPS) is 15.2. The van der Waals surface area contributed by atoms with Gasteiger partial charge in [-0.15, -0.1) is 0 Å². The molecule has 0 fully saturated rings. The van der Waals surface area contributed by atoms with Crippen LogP contribution in [-0.4, -0.2) is 23.5 Å². The van der Waals surface area contributed by atoms with Gasteiger partial charge in [-0.1, -0.05) is 59.9 Å². The first kappa shape index (κ1) is 19.6. The minimum atomic E-state index is -1.10. The van der Waals surface area contributed by atoms with E-state index in [9.17, 15) is 9.59 Å². The number of ketones is 1. The number of carboxylic acid groups (broad SMARTS) is 1. The van der Waals surface area contributed by atoms with Crippen LogP contribution in [0.3, 0.4) is 0 Å². The van der Waals surface area contributed by atoms with Crippen LogP contribution in [0.2, 0.25) is 15.1 Å². The van der Waals surface area contributed by atoms with E-state index in [0.717, 1.165) is 10.6 Å². The zero-order chi connectivity index (χ0) is 18.6. The maximum Gasteiger partial charge on any atom is 0.341 e. The van der Waals surface area contributed by atoms with Gasteiger partial charge in [0.1, 0.15) is 10.8 Å². The predicted molar refractivity (Wildman–Crippen MR) is 98.2 cm³/mol. The highest BCUT2D eigenvalue weighted by molar-refractivity contribution is 6.45. The van der Waals surface area contributed by atoms with Crippen molar-refractivity contribution in [3.63, 3.8) is 0 Å². The minimum absolute atomic E-state index is 0.0401. The van der Waals surface area contributed by atoms with Crippen molar-refractivity contribution < 1.29 is 19.4 Å². The average molecular weight is 402 g/mol. The molecule has 0 aromatic heterocycles. The molecule has 0 heterocycles. The lowest BCUT2D eigenvalue weighted by Gasteiger charge is -2.10. The van der Waals surface area contributed by atoms with Gasteiger partial charge in [0.2, 0.25) is 0 Å². The van der Waals surface area contributed by atoms with Crippen molar-refractivity contribution in [3.8, 4) is 5.75 Å². The Bertz CT molecular complexity index is 791. The Kier molecular flexibility index (Phi) is 6.71. The molecule has 0 saturated carbocycles. The van der Waals surface area contributed by atoms with E-state index in [1.165, 1.54) is 0 Å². The van der Waals surface area contributed by atoms with E-state index in [-0.39, 0.29) is 27.5 Å². The highest BCUT2D eigenvalue weighted by Gasteiger charge is 2.32. The second-order valence-electron chi connectivity index (χ2n) is 5.48. The topological polar surface area (TPSA) is 63.6 Å². The number of rotatable bonds is 3. The fraction of sp³-hybridized carbons (Fsp3) is 0.222. The molecule has 25 heavy (non-hydrogen) atoms. The van der Waals surface area contributed by atoms with Crippen molar-refractivity contribution in [2.24, 2.45) is 5.92 Å². The number of carbonyl (C=O) groups is 2. The summed E-state index contributed by atoms with van der Waals surface area (Å²) in [6, 6.07) is 11.0. The van der Waals surface area contributed by atoms with Crippen molar-refractivity contribution in [1.29, 1.82) is 0 Å². The van der Waals surface area contributed by atoms with Gasteiger partial charge in [-0.3, -0.25) is 4.79 Å². The third-order valence-electron chi connectivity index (χ3n) is 3.56. The molecule has 0 aliphatic heterocycles. The van der Waals surface area contributed by atoms with Crippen LogP contribution in [0.15, 0.2) is 36.4 Å². The highest BCUT2D eigenvalue weighted by atomic mass is 35.5. The number of carbonyl (C=O) groups excluding carboxylic acids is 1. The first-order valence-electron chi connectivity index (χ1n) is 7.41. The Morgan fingerprint density at radius 3 is 2.36 bits per heavy atom. The van der Waals surface area contributed by atoms with Gasteiger partial charge >= 0.3 is 5.97 Å². The van der Waals surface area contributed by atoms with Gasteiger partial charge in [-0.25, -0.2) is 4.79 Å². The number of aliphatic carboxylic acids is 1. The third kappa shape index (κ3) is 4.88. The van der Waals surface area contributed by atoms with Crippen LogP contribution in [0.25, 0.3) is 0 Å². The Labute approximate surface area is 160 Å². The Balaban J connectivity index is 0.000000269. The number of hydrogen-bond donors (Lipinski definition) is 1. The maximum atomic E-state index is 11.9. The van der Waals surface area contributed by atoms with Gasteiger partial charge in [0, 0.05) is 16.5 Å². The van der Waals surface area contributed by atoms with Crippen LogP contribution >= 0.6 is 34.8 Å². The van der Waals surface area contributed by atoms with Crippen molar-refractivity contribution in [2.45, 2.75) is 13.3 Å². The van der Waals surface area contributed by atoms with Gasteiger partial charge in [0.25, 0.3) is 0 Å². The molecule has 132 valence electrons. The quantitative estimate of drug-likeness (QED) is 0.770. The summed E-state index contributed by atoms with van der Waals surface area (Å²) in [7, 11) is 0. The molecule has 0 radical (unpaired) electrons. The van der Waals surface area contributed by atoms with E-state index in [4.69, 9.17) is 44.6 Å². The molecular weight excluding hydrogens is 387 g/mol. The van der Waals surface area contributed by atoms with Crippen molar-refractivity contribution in [3.05, 3.63) is 62.6 Å². The molecule has 2 aromatic rings. The molecule has 4 nitrogen and oxygen atoms in total. The zero-order valence-corrected chi connectivity index (χ0v) is 15.5. The molecule has 2 aromatic carbocycles. The first-order valence-corrected chi connectivity index (χ1v) is 8.54. The standard InChI is InChI=1S/C12H10Cl2O4.C6H5Cl/c1-5-2-6-3-7(18-4-8(15)16)10(13)11(14)9(6)12(5)17;7-6-4-2-1-3-5-6/h3,5H,2,4H2,1H3,(H,15,16);1-5H. The molecule has 1 unspecified atom stereocenters. The summed E-state index contributed by atoms with van der Waals surface area (Å²) in [6.07, 6.45) is 0.564. The summed E-state index contributed by atoms with van der Waals surface area (Å²) in [5.74, 6) is -1.08. The molecule has 1 atom stereocenters. The van der Waals surface area contributed by atoms with E-state index < -0.39 is 12.6 Å². The molecule has 3 rings (SSSR count). The monoisotopic (exact) mass is 400 g/mol. The summed E-state index contributed by atoms with van der Waals surface area (Å²) < 4.78 is 5.05. The van der Waals surface area contributed by atoms with Crippen LogP contribution < -0.4 is 4.74 Å². The molecule has 0 saturated heterocycles. The molecular formula is C18H15Cl3O4. The van der Waals surface area contributed by atoms with Crippen LogP contribution in [0.5, 0.6) is 5.75 Å². The Hall–Kier alpha value is -1.75. The summed E-state index contributed by atoms with van der Waals surface area (Å²) >= 11 is 17.6. The lowest BCUT2D eigenvalue weighted by Crippen LogP contribution is -2.10. The molecule has 1 N–H and O–H groups in total.